The molecule has 0 atom stereocenters. The summed E-state index contributed by atoms with van der Waals surface area (Å²) in [5, 5.41) is 13.7. The Morgan fingerprint density at radius 3 is 2.57 bits per heavy atom. The van der Waals surface area contributed by atoms with Gasteiger partial charge in [0.1, 0.15) is 11.4 Å². The molecule has 0 spiro atoms. The monoisotopic (exact) mass is 315 g/mol. The van der Waals surface area contributed by atoms with Gasteiger partial charge in [0.2, 0.25) is 5.91 Å². The lowest BCUT2D eigenvalue weighted by atomic mass is 10.2. The highest BCUT2D eigenvalue weighted by atomic mass is 16.6. The van der Waals surface area contributed by atoms with Gasteiger partial charge in [-0.2, -0.15) is 0 Å². The van der Waals surface area contributed by atoms with E-state index in [9.17, 15) is 14.9 Å². The predicted octanol–water partition coefficient (Wildman–Crippen LogP) is 2.68. The quantitative estimate of drug-likeness (QED) is 0.654. The SMILES string of the molecule is COc1ccc(NC(=O)CN(C)c2ccccc2)c([N+](=O)[O-])c1. The number of nitrogens with one attached hydrogen (secondary N) is 1. The van der Waals surface area contributed by atoms with Crippen LogP contribution in [0.5, 0.6) is 5.75 Å². The van der Waals surface area contributed by atoms with Gasteiger partial charge in [0.05, 0.1) is 24.6 Å². The number of benzene rings is 2. The van der Waals surface area contributed by atoms with E-state index in [4.69, 9.17) is 4.74 Å². The standard InChI is InChI=1S/C16H17N3O4/c1-18(12-6-4-3-5-7-12)11-16(20)17-14-9-8-13(23-2)10-15(14)19(21)22/h3-10H,11H2,1-2H3,(H,17,20). The lowest BCUT2D eigenvalue weighted by Crippen LogP contribution is -2.30. The topological polar surface area (TPSA) is 84.7 Å². The van der Waals surface area contributed by atoms with E-state index in [2.05, 4.69) is 5.32 Å². The van der Waals surface area contributed by atoms with Crippen molar-refractivity contribution in [2.45, 2.75) is 0 Å². The molecule has 0 aromatic heterocycles. The molecule has 0 saturated carbocycles. The number of nitrogens with zero attached hydrogens (tertiary/aromatic N) is 2. The van der Waals surface area contributed by atoms with Crippen LogP contribution in [0.4, 0.5) is 17.1 Å². The van der Waals surface area contributed by atoms with Crippen LogP contribution in [0.1, 0.15) is 0 Å². The number of para-hydroxylation sites is 1. The van der Waals surface area contributed by atoms with E-state index >= 15 is 0 Å². The van der Waals surface area contributed by atoms with Gasteiger partial charge in [-0.15, -0.1) is 0 Å². The van der Waals surface area contributed by atoms with Crippen molar-refractivity contribution in [3.63, 3.8) is 0 Å². The average Bonchev–Trinajstić information content (AvgIpc) is 2.55. The first-order valence-electron chi connectivity index (χ1n) is 6.89. The lowest BCUT2D eigenvalue weighted by molar-refractivity contribution is -0.384. The van der Waals surface area contributed by atoms with Gasteiger partial charge in [-0.1, -0.05) is 18.2 Å². The molecule has 0 radical (unpaired) electrons. The summed E-state index contributed by atoms with van der Waals surface area (Å²) in [6.45, 7) is 0.0766. The largest absolute Gasteiger partial charge is 0.496 e. The van der Waals surface area contributed by atoms with Crippen molar-refractivity contribution in [3.05, 3.63) is 58.6 Å². The zero-order valence-electron chi connectivity index (χ0n) is 12.9. The second-order valence-electron chi connectivity index (χ2n) is 4.88. The summed E-state index contributed by atoms with van der Waals surface area (Å²) in [6, 6.07) is 13.7. The van der Waals surface area contributed by atoms with Crippen LogP contribution in [0.3, 0.4) is 0 Å². The molecular formula is C16H17N3O4. The van der Waals surface area contributed by atoms with Crippen molar-refractivity contribution in [2.75, 3.05) is 30.9 Å². The third kappa shape index (κ3) is 4.19. The van der Waals surface area contributed by atoms with E-state index in [0.717, 1.165) is 5.69 Å². The highest BCUT2D eigenvalue weighted by Crippen LogP contribution is 2.28. The Labute approximate surface area is 133 Å². The summed E-state index contributed by atoms with van der Waals surface area (Å²) in [4.78, 5) is 24.4. The first kappa shape index (κ1) is 16.3. The summed E-state index contributed by atoms with van der Waals surface area (Å²) in [5.74, 6) is 0.0146. The molecule has 0 saturated heterocycles. The molecular weight excluding hydrogens is 298 g/mol. The van der Waals surface area contributed by atoms with Crippen molar-refractivity contribution in [2.24, 2.45) is 0 Å². The van der Waals surface area contributed by atoms with Gasteiger partial charge in [0.15, 0.2) is 0 Å². The molecule has 0 unspecified atom stereocenters. The first-order chi connectivity index (χ1) is 11.0. The number of nitro benzene ring substituents is 1. The van der Waals surface area contributed by atoms with Crippen LogP contribution < -0.4 is 15.0 Å². The normalized spacial score (nSPS) is 10.0. The molecule has 0 aliphatic heterocycles. The number of amides is 1. The van der Waals surface area contributed by atoms with Crippen LogP contribution >= 0.6 is 0 Å². The summed E-state index contributed by atoms with van der Waals surface area (Å²) >= 11 is 0. The van der Waals surface area contributed by atoms with Gasteiger partial charge in [0, 0.05) is 12.7 Å². The maximum Gasteiger partial charge on any atom is 0.296 e. The molecule has 0 aliphatic carbocycles. The summed E-state index contributed by atoms with van der Waals surface area (Å²) in [5.41, 5.74) is 0.814. The molecule has 2 aromatic rings. The number of hydrogen-bond acceptors (Lipinski definition) is 5. The Hall–Kier alpha value is -3.09. The second-order valence-corrected chi connectivity index (χ2v) is 4.88. The van der Waals surface area contributed by atoms with Gasteiger partial charge in [-0.3, -0.25) is 14.9 Å². The van der Waals surface area contributed by atoms with Gasteiger partial charge in [-0.05, 0) is 24.3 Å². The summed E-state index contributed by atoms with van der Waals surface area (Å²) in [6.07, 6.45) is 0. The molecule has 2 rings (SSSR count). The molecule has 1 amide bonds. The number of carbonyl (C=O) groups is 1. The maximum absolute atomic E-state index is 12.1. The number of ether oxygens (including phenoxy) is 1. The number of carbonyl (C=O) groups excluding carboxylic acids is 1. The zero-order valence-corrected chi connectivity index (χ0v) is 12.9. The molecule has 23 heavy (non-hydrogen) atoms. The van der Waals surface area contributed by atoms with E-state index in [0.29, 0.717) is 5.75 Å². The van der Waals surface area contributed by atoms with Crippen molar-refractivity contribution >= 4 is 23.0 Å². The van der Waals surface area contributed by atoms with E-state index in [1.165, 1.54) is 19.2 Å². The molecule has 7 nitrogen and oxygen atoms in total. The minimum Gasteiger partial charge on any atom is -0.496 e. The first-order valence-corrected chi connectivity index (χ1v) is 6.89. The van der Waals surface area contributed by atoms with Gasteiger partial charge >= 0.3 is 0 Å². The number of hydrogen-bond donors (Lipinski definition) is 1. The summed E-state index contributed by atoms with van der Waals surface area (Å²) in [7, 11) is 3.20. The molecule has 0 heterocycles. The van der Waals surface area contributed by atoms with E-state index in [-0.39, 0.29) is 23.8 Å². The highest BCUT2D eigenvalue weighted by molar-refractivity contribution is 5.96. The van der Waals surface area contributed by atoms with E-state index < -0.39 is 4.92 Å². The van der Waals surface area contributed by atoms with Crippen LogP contribution in [0, 0.1) is 10.1 Å². The van der Waals surface area contributed by atoms with Crippen molar-refractivity contribution in [1.29, 1.82) is 0 Å². The minimum atomic E-state index is -0.557. The number of rotatable bonds is 6. The Morgan fingerprint density at radius 2 is 1.96 bits per heavy atom. The van der Waals surface area contributed by atoms with Crippen molar-refractivity contribution in [1.82, 2.24) is 0 Å². The summed E-state index contributed by atoms with van der Waals surface area (Å²) < 4.78 is 4.96. The molecule has 1 N–H and O–H groups in total. The number of nitro groups is 1. The van der Waals surface area contributed by atoms with Crippen molar-refractivity contribution in [3.8, 4) is 5.75 Å². The molecule has 120 valence electrons. The van der Waals surface area contributed by atoms with E-state index in [1.54, 1.807) is 18.0 Å². The maximum atomic E-state index is 12.1. The van der Waals surface area contributed by atoms with Crippen LogP contribution in [0.15, 0.2) is 48.5 Å². The van der Waals surface area contributed by atoms with Crippen LogP contribution in [0.25, 0.3) is 0 Å². The highest BCUT2D eigenvalue weighted by Gasteiger charge is 2.18. The van der Waals surface area contributed by atoms with Gasteiger partial charge < -0.3 is 15.0 Å². The smallest absolute Gasteiger partial charge is 0.296 e. The average molecular weight is 315 g/mol. The molecule has 2 aromatic carbocycles. The Bertz CT molecular complexity index is 704. The van der Waals surface area contributed by atoms with Crippen LogP contribution in [-0.2, 0) is 4.79 Å². The third-order valence-corrected chi connectivity index (χ3v) is 3.25. The number of anilines is 2. The van der Waals surface area contributed by atoms with E-state index in [1.807, 2.05) is 30.3 Å². The third-order valence-electron chi connectivity index (χ3n) is 3.25. The lowest BCUT2D eigenvalue weighted by Gasteiger charge is -2.18. The molecule has 7 heteroatoms. The Balaban J connectivity index is 2.10. The Kier molecular flexibility index (Phi) is 5.14. The zero-order chi connectivity index (χ0) is 16.8. The van der Waals surface area contributed by atoms with Gasteiger partial charge in [-0.25, -0.2) is 0 Å². The molecule has 0 aliphatic rings. The second kappa shape index (κ2) is 7.26. The van der Waals surface area contributed by atoms with Gasteiger partial charge in [0.25, 0.3) is 5.69 Å². The van der Waals surface area contributed by atoms with Crippen LogP contribution in [-0.4, -0.2) is 31.5 Å². The molecule has 0 bridgehead atoms. The predicted molar refractivity (Wildman–Crippen MR) is 88.0 cm³/mol. The fourth-order valence-electron chi connectivity index (χ4n) is 2.07. The number of likely N-dealkylation sites (N-methyl/N-ethyl adjacent to an activating group) is 1. The fourth-order valence-corrected chi connectivity index (χ4v) is 2.07. The van der Waals surface area contributed by atoms with Crippen LogP contribution in [0.2, 0.25) is 0 Å². The minimum absolute atomic E-state index is 0.0766. The number of methoxy groups -OCH3 is 1. The van der Waals surface area contributed by atoms with Crippen molar-refractivity contribution < 1.29 is 14.5 Å². The fraction of sp³-hybridized carbons (Fsp3) is 0.188. The molecule has 0 fully saturated rings. The Morgan fingerprint density at radius 1 is 1.26 bits per heavy atom.